The minimum Gasteiger partial charge on any atom is -0.383 e. The van der Waals surface area contributed by atoms with Crippen molar-refractivity contribution in [1.82, 2.24) is 21.4 Å². The number of nitrogens with two attached hydrogens (primary N) is 1. The number of thiophene rings is 1. The Hall–Kier alpha value is -3.08. The molecule has 5 N–H and O–H groups in total. The molecule has 0 amide bonds. The van der Waals surface area contributed by atoms with Gasteiger partial charge in [-0.15, -0.1) is 22.0 Å². The molecule has 5 rings (SSSR count). The van der Waals surface area contributed by atoms with Crippen LogP contribution >= 0.6 is 11.3 Å². The van der Waals surface area contributed by atoms with E-state index in [0.717, 1.165) is 36.4 Å². The summed E-state index contributed by atoms with van der Waals surface area (Å²) in [7, 11) is 0. The summed E-state index contributed by atoms with van der Waals surface area (Å²) in [5.74, 6) is -0.764. The SMILES string of the molecule is Cc1cc(-c2cnc(N)c(C3=NNNN3c3ccc(C)c(F)c3F)c2)sc1C1CCNCC1. The van der Waals surface area contributed by atoms with Gasteiger partial charge in [-0.3, -0.25) is 0 Å². The zero-order valence-corrected chi connectivity index (χ0v) is 19.2. The molecule has 0 atom stereocenters. The highest BCUT2D eigenvalue weighted by molar-refractivity contribution is 7.15. The number of halogens is 2. The van der Waals surface area contributed by atoms with Crippen LogP contribution in [0.3, 0.4) is 0 Å². The number of pyridine rings is 1. The lowest BCUT2D eigenvalue weighted by atomic mass is 9.94. The lowest BCUT2D eigenvalue weighted by Gasteiger charge is -2.22. The number of hydrazine groups is 2. The lowest BCUT2D eigenvalue weighted by Crippen LogP contribution is -2.42. The quantitative estimate of drug-likeness (QED) is 0.463. The molecule has 0 radical (unpaired) electrons. The number of aryl methyl sites for hydroxylation is 2. The molecule has 7 nitrogen and oxygen atoms in total. The molecule has 0 saturated carbocycles. The van der Waals surface area contributed by atoms with Crippen LogP contribution in [0.1, 0.15) is 40.3 Å². The van der Waals surface area contributed by atoms with Gasteiger partial charge < -0.3 is 11.1 Å². The van der Waals surface area contributed by atoms with Gasteiger partial charge in [-0.2, -0.15) is 0 Å². The zero-order valence-electron chi connectivity index (χ0n) is 18.4. The maximum absolute atomic E-state index is 14.7. The Morgan fingerprint density at radius 2 is 1.88 bits per heavy atom. The van der Waals surface area contributed by atoms with E-state index in [0.29, 0.717) is 17.3 Å². The Kier molecular flexibility index (Phi) is 5.73. The van der Waals surface area contributed by atoms with Crippen molar-refractivity contribution < 1.29 is 8.78 Å². The molecular weight excluding hydrogens is 444 g/mol. The van der Waals surface area contributed by atoms with Crippen molar-refractivity contribution in [1.29, 1.82) is 0 Å². The molecule has 0 aliphatic carbocycles. The standard InChI is InChI=1S/C23H25F2N7S/c1-12-3-4-17(20(25)19(12)24)32-23(29-30-31-32)16-10-15(11-28-22(16)26)18-9-13(2)21(33-18)14-5-7-27-8-6-14/h3-4,9-11,14,27,30-31H,5-8H2,1-2H3,(H2,26,28). The van der Waals surface area contributed by atoms with Gasteiger partial charge in [0.2, 0.25) is 0 Å². The van der Waals surface area contributed by atoms with Gasteiger partial charge in [-0.05, 0) is 75.0 Å². The Morgan fingerprint density at radius 1 is 1.09 bits per heavy atom. The minimum absolute atomic E-state index is 0.00758. The Bertz CT molecular complexity index is 1230. The molecule has 1 saturated heterocycles. The summed E-state index contributed by atoms with van der Waals surface area (Å²) in [5.41, 5.74) is 14.4. The summed E-state index contributed by atoms with van der Waals surface area (Å²) in [5, 5.41) is 8.96. The molecule has 0 unspecified atom stereocenters. The van der Waals surface area contributed by atoms with Gasteiger partial charge in [-0.25, -0.2) is 24.3 Å². The molecule has 3 aromatic rings. The number of benzene rings is 1. The van der Waals surface area contributed by atoms with E-state index in [2.05, 4.69) is 39.5 Å². The van der Waals surface area contributed by atoms with Crippen molar-refractivity contribution in [2.45, 2.75) is 32.6 Å². The average molecular weight is 470 g/mol. The number of nitrogens with one attached hydrogen (secondary N) is 3. The van der Waals surface area contributed by atoms with Crippen LogP contribution in [0.4, 0.5) is 20.3 Å². The van der Waals surface area contributed by atoms with Crippen molar-refractivity contribution in [2.24, 2.45) is 5.10 Å². The molecule has 2 aliphatic heterocycles. The molecule has 2 aromatic heterocycles. The fraction of sp³-hybridized carbons (Fsp3) is 0.304. The molecule has 0 spiro atoms. The van der Waals surface area contributed by atoms with Gasteiger partial charge in [0.1, 0.15) is 11.5 Å². The first kappa shape index (κ1) is 21.7. The first-order valence-electron chi connectivity index (χ1n) is 10.8. The smallest absolute Gasteiger partial charge is 0.184 e. The van der Waals surface area contributed by atoms with E-state index < -0.39 is 11.6 Å². The summed E-state index contributed by atoms with van der Waals surface area (Å²) in [4.78, 5) is 6.88. The fourth-order valence-electron chi connectivity index (χ4n) is 4.31. The van der Waals surface area contributed by atoms with Gasteiger partial charge in [0, 0.05) is 21.5 Å². The lowest BCUT2D eigenvalue weighted by molar-refractivity contribution is 0.464. The number of piperidine rings is 1. The van der Waals surface area contributed by atoms with E-state index in [-0.39, 0.29) is 17.1 Å². The number of nitrogens with zero attached hydrogens (tertiary/aromatic N) is 3. The van der Waals surface area contributed by atoms with Gasteiger partial charge in [0.15, 0.2) is 17.5 Å². The maximum Gasteiger partial charge on any atom is 0.184 e. The average Bonchev–Trinajstić information content (AvgIpc) is 3.45. The van der Waals surface area contributed by atoms with Gasteiger partial charge in [0.25, 0.3) is 0 Å². The second-order valence-corrected chi connectivity index (χ2v) is 9.45. The highest BCUT2D eigenvalue weighted by Gasteiger charge is 2.28. The number of nitrogen functional groups attached to an aromatic ring is 1. The van der Waals surface area contributed by atoms with Crippen molar-refractivity contribution in [3.63, 3.8) is 0 Å². The molecular formula is C23H25F2N7S. The normalized spacial score (nSPS) is 16.7. The zero-order chi connectivity index (χ0) is 23.1. The molecule has 33 heavy (non-hydrogen) atoms. The number of hydrazone groups is 1. The number of hydrogen-bond acceptors (Lipinski definition) is 8. The minimum atomic E-state index is -0.970. The topological polar surface area (TPSA) is 90.6 Å². The Labute approximate surface area is 194 Å². The molecule has 2 aliphatic rings. The third kappa shape index (κ3) is 3.94. The predicted octanol–water partition coefficient (Wildman–Crippen LogP) is 3.95. The third-order valence-electron chi connectivity index (χ3n) is 6.14. The third-order valence-corrected chi connectivity index (χ3v) is 7.59. The van der Waals surface area contributed by atoms with Gasteiger partial charge in [-0.1, -0.05) is 6.07 Å². The number of aromatic nitrogens is 1. The number of hydrogen-bond donors (Lipinski definition) is 4. The first-order valence-corrected chi connectivity index (χ1v) is 11.7. The van der Waals surface area contributed by atoms with Crippen LogP contribution in [0.2, 0.25) is 0 Å². The summed E-state index contributed by atoms with van der Waals surface area (Å²) in [6, 6.07) is 7.08. The van der Waals surface area contributed by atoms with Crippen molar-refractivity contribution in [3.05, 3.63) is 63.7 Å². The maximum atomic E-state index is 14.7. The van der Waals surface area contributed by atoms with Crippen LogP contribution in [0.15, 0.2) is 35.6 Å². The molecule has 4 heterocycles. The van der Waals surface area contributed by atoms with Crippen LogP contribution in [-0.2, 0) is 0 Å². The van der Waals surface area contributed by atoms with E-state index >= 15 is 0 Å². The van der Waals surface area contributed by atoms with Crippen LogP contribution in [-0.4, -0.2) is 23.9 Å². The Morgan fingerprint density at radius 3 is 2.67 bits per heavy atom. The van der Waals surface area contributed by atoms with Crippen LogP contribution in [0.5, 0.6) is 0 Å². The second-order valence-electron chi connectivity index (χ2n) is 8.36. The highest BCUT2D eigenvalue weighted by atomic mass is 32.1. The highest BCUT2D eigenvalue weighted by Crippen LogP contribution is 2.39. The second kappa shape index (κ2) is 8.69. The predicted molar refractivity (Wildman–Crippen MR) is 128 cm³/mol. The molecule has 172 valence electrons. The van der Waals surface area contributed by atoms with E-state index in [1.807, 2.05) is 6.07 Å². The summed E-state index contributed by atoms with van der Waals surface area (Å²) < 4.78 is 28.9. The van der Waals surface area contributed by atoms with Gasteiger partial charge >= 0.3 is 0 Å². The van der Waals surface area contributed by atoms with E-state index in [1.54, 1.807) is 17.5 Å². The number of anilines is 2. The Balaban J connectivity index is 1.50. The number of rotatable bonds is 4. The summed E-state index contributed by atoms with van der Waals surface area (Å²) in [6.07, 6.45) is 4.00. The van der Waals surface area contributed by atoms with Crippen molar-refractivity contribution >= 4 is 28.7 Å². The largest absolute Gasteiger partial charge is 0.383 e. The van der Waals surface area contributed by atoms with E-state index in [9.17, 15) is 8.78 Å². The van der Waals surface area contributed by atoms with Crippen LogP contribution in [0, 0.1) is 25.5 Å². The molecule has 1 aromatic carbocycles. The monoisotopic (exact) mass is 469 g/mol. The van der Waals surface area contributed by atoms with Gasteiger partial charge in [0.05, 0.1) is 5.56 Å². The molecule has 10 heteroatoms. The van der Waals surface area contributed by atoms with Crippen molar-refractivity contribution in [3.8, 4) is 10.4 Å². The van der Waals surface area contributed by atoms with Crippen LogP contribution < -0.4 is 27.1 Å². The fourth-order valence-corrected chi connectivity index (χ4v) is 5.64. The first-order chi connectivity index (χ1) is 15.9. The van der Waals surface area contributed by atoms with E-state index in [1.165, 1.54) is 34.5 Å². The summed E-state index contributed by atoms with van der Waals surface area (Å²) >= 11 is 1.78. The van der Waals surface area contributed by atoms with E-state index in [4.69, 9.17) is 5.73 Å². The number of amidine groups is 1. The van der Waals surface area contributed by atoms with Crippen molar-refractivity contribution in [2.75, 3.05) is 23.8 Å². The molecule has 1 fully saturated rings. The molecule has 0 bridgehead atoms. The van der Waals surface area contributed by atoms with Crippen LogP contribution in [0.25, 0.3) is 10.4 Å². The summed E-state index contributed by atoms with van der Waals surface area (Å²) in [6.45, 7) is 5.74.